The van der Waals surface area contributed by atoms with E-state index in [9.17, 15) is 4.79 Å². The lowest BCUT2D eigenvalue weighted by Gasteiger charge is -2.36. The molecule has 1 aliphatic rings. The Morgan fingerprint density at radius 1 is 1.35 bits per heavy atom. The first-order valence-corrected chi connectivity index (χ1v) is 6.74. The zero-order chi connectivity index (χ0) is 15.1. The number of nitrogens with zero attached hydrogens (tertiary/aromatic N) is 4. The predicted octanol–water partition coefficient (Wildman–Crippen LogP) is 0.923. The molecule has 23 heavy (non-hydrogen) atoms. The summed E-state index contributed by atoms with van der Waals surface area (Å²) in [5, 5.41) is 23.5. The molecule has 1 amide bonds. The van der Waals surface area contributed by atoms with E-state index in [-0.39, 0.29) is 43.3 Å². The molecule has 0 aromatic carbocycles. The van der Waals surface area contributed by atoms with Gasteiger partial charge in [0, 0.05) is 25.8 Å². The lowest BCUT2D eigenvalue weighted by molar-refractivity contribution is -0.135. The largest absolute Gasteiger partial charge is 0.369 e. The lowest BCUT2D eigenvalue weighted by Crippen LogP contribution is -2.53. The van der Waals surface area contributed by atoms with Crippen LogP contribution >= 0.6 is 24.8 Å². The standard InChI is InChI=1S/C14H16N6O.2ClH/c15-7-11-1-2-13(19-9-11)18-5-4-17-10-14(21)20-6-3-12(20)8-16;;/h1-2,9,12,17H,3-6,10H2,(H,18,19);2*1H. The van der Waals surface area contributed by atoms with Crippen molar-refractivity contribution in [2.75, 3.05) is 31.5 Å². The van der Waals surface area contributed by atoms with E-state index >= 15 is 0 Å². The molecule has 1 aromatic rings. The molecule has 0 radical (unpaired) electrons. The van der Waals surface area contributed by atoms with Crippen LogP contribution < -0.4 is 10.6 Å². The quantitative estimate of drug-likeness (QED) is 0.734. The fraction of sp³-hybridized carbons (Fsp3) is 0.429. The van der Waals surface area contributed by atoms with Crippen molar-refractivity contribution in [2.45, 2.75) is 12.5 Å². The molecule has 124 valence electrons. The number of carbonyl (C=O) groups is 1. The van der Waals surface area contributed by atoms with Crippen LogP contribution in [0.3, 0.4) is 0 Å². The summed E-state index contributed by atoms with van der Waals surface area (Å²) in [6, 6.07) is 7.28. The zero-order valence-electron chi connectivity index (χ0n) is 12.4. The Kier molecular flexibility index (Phi) is 9.68. The van der Waals surface area contributed by atoms with Crippen molar-refractivity contribution in [3.63, 3.8) is 0 Å². The molecule has 0 aliphatic carbocycles. The number of hydrogen-bond acceptors (Lipinski definition) is 6. The molecule has 9 heteroatoms. The van der Waals surface area contributed by atoms with Crippen LogP contribution in [0.5, 0.6) is 0 Å². The Bertz CT molecular complexity index is 580. The summed E-state index contributed by atoms with van der Waals surface area (Å²) >= 11 is 0. The minimum Gasteiger partial charge on any atom is -0.369 e. The number of rotatable bonds is 6. The Balaban J connectivity index is 0.00000242. The molecular formula is C14H18Cl2N6O. The summed E-state index contributed by atoms with van der Waals surface area (Å²) in [7, 11) is 0. The van der Waals surface area contributed by atoms with Gasteiger partial charge in [-0.3, -0.25) is 4.79 Å². The molecule has 7 nitrogen and oxygen atoms in total. The van der Waals surface area contributed by atoms with E-state index in [1.54, 1.807) is 17.0 Å². The van der Waals surface area contributed by atoms with Gasteiger partial charge >= 0.3 is 0 Å². The molecule has 1 saturated heterocycles. The number of carbonyl (C=O) groups excluding carboxylic acids is 1. The zero-order valence-corrected chi connectivity index (χ0v) is 14.0. The molecular weight excluding hydrogens is 339 g/mol. The fourth-order valence-corrected chi connectivity index (χ4v) is 1.96. The van der Waals surface area contributed by atoms with Crippen molar-refractivity contribution in [1.29, 1.82) is 10.5 Å². The van der Waals surface area contributed by atoms with Crippen LogP contribution in [-0.2, 0) is 4.79 Å². The second-order valence-corrected chi connectivity index (χ2v) is 4.67. The molecule has 2 rings (SSSR count). The van der Waals surface area contributed by atoms with Crippen LogP contribution in [0.2, 0.25) is 0 Å². The molecule has 1 fully saturated rings. The summed E-state index contributed by atoms with van der Waals surface area (Å²) in [5.41, 5.74) is 0.519. The Labute approximate surface area is 147 Å². The topological polar surface area (TPSA) is 105 Å². The SMILES string of the molecule is Cl.Cl.N#Cc1ccc(NCCNCC(=O)N2CCC2C#N)nc1. The third-order valence-electron chi connectivity index (χ3n) is 3.27. The average Bonchev–Trinajstić information content (AvgIpc) is 2.47. The van der Waals surface area contributed by atoms with Crippen LogP contribution in [-0.4, -0.2) is 48.0 Å². The molecule has 1 aliphatic heterocycles. The van der Waals surface area contributed by atoms with Gasteiger partial charge in [-0.05, 0) is 18.6 Å². The summed E-state index contributed by atoms with van der Waals surface area (Å²) in [6.07, 6.45) is 2.28. The maximum Gasteiger partial charge on any atom is 0.237 e. The van der Waals surface area contributed by atoms with Crippen LogP contribution in [0.15, 0.2) is 18.3 Å². The van der Waals surface area contributed by atoms with Crippen LogP contribution in [0.25, 0.3) is 0 Å². The summed E-state index contributed by atoms with van der Waals surface area (Å²) < 4.78 is 0. The van der Waals surface area contributed by atoms with E-state index < -0.39 is 0 Å². The van der Waals surface area contributed by atoms with Crippen molar-refractivity contribution in [3.05, 3.63) is 23.9 Å². The Hall–Kier alpha value is -2.06. The van der Waals surface area contributed by atoms with Gasteiger partial charge in [-0.15, -0.1) is 24.8 Å². The van der Waals surface area contributed by atoms with Gasteiger partial charge in [-0.1, -0.05) is 0 Å². The Morgan fingerprint density at radius 3 is 2.65 bits per heavy atom. The van der Waals surface area contributed by atoms with Gasteiger partial charge < -0.3 is 15.5 Å². The normalized spacial score (nSPS) is 15.0. The second-order valence-electron chi connectivity index (χ2n) is 4.67. The van der Waals surface area contributed by atoms with Gasteiger partial charge in [-0.2, -0.15) is 10.5 Å². The number of nitriles is 2. The van der Waals surface area contributed by atoms with Gasteiger partial charge in [-0.25, -0.2) is 4.98 Å². The minimum absolute atomic E-state index is 0. The molecule has 2 heterocycles. The van der Waals surface area contributed by atoms with Crippen molar-refractivity contribution >= 4 is 36.5 Å². The molecule has 1 unspecified atom stereocenters. The van der Waals surface area contributed by atoms with Gasteiger partial charge in [0.25, 0.3) is 0 Å². The third kappa shape index (κ3) is 5.91. The summed E-state index contributed by atoms with van der Waals surface area (Å²) in [6.45, 7) is 2.14. The van der Waals surface area contributed by atoms with Crippen molar-refractivity contribution in [2.24, 2.45) is 0 Å². The number of amides is 1. The molecule has 0 bridgehead atoms. The smallest absolute Gasteiger partial charge is 0.237 e. The second kappa shape index (κ2) is 10.6. The number of halogens is 2. The highest BCUT2D eigenvalue weighted by molar-refractivity contribution is 5.85. The highest BCUT2D eigenvalue weighted by atomic mass is 35.5. The van der Waals surface area contributed by atoms with E-state index in [1.165, 1.54) is 6.20 Å². The number of anilines is 1. The van der Waals surface area contributed by atoms with E-state index in [0.717, 1.165) is 6.42 Å². The van der Waals surface area contributed by atoms with Gasteiger partial charge in [0.2, 0.25) is 5.91 Å². The van der Waals surface area contributed by atoms with Crippen molar-refractivity contribution in [1.82, 2.24) is 15.2 Å². The lowest BCUT2D eigenvalue weighted by atomic mass is 10.1. The third-order valence-corrected chi connectivity index (χ3v) is 3.27. The van der Waals surface area contributed by atoms with Crippen LogP contribution in [0.1, 0.15) is 12.0 Å². The maximum absolute atomic E-state index is 11.7. The van der Waals surface area contributed by atoms with E-state index in [0.29, 0.717) is 31.0 Å². The molecule has 1 aromatic heterocycles. The minimum atomic E-state index is -0.250. The molecule has 2 N–H and O–H groups in total. The average molecular weight is 357 g/mol. The summed E-state index contributed by atoms with van der Waals surface area (Å²) in [5.74, 6) is 0.652. The van der Waals surface area contributed by atoms with Crippen LogP contribution in [0, 0.1) is 22.7 Å². The highest BCUT2D eigenvalue weighted by Crippen LogP contribution is 2.15. The monoisotopic (exact) mass is 356 g/mol. The van der Waals surface area contributed by atoms with Gasteiger partial charge in [0.15, 0.2) is 0 Å². The van der Waals surface area contributed by atoms with Crippen molar-refractivity contribution in [3.8, 4) is 12.1 Å². The van der Waals surface area contributed by atoms with E-state index in [1.807, 2.05) is 6.07 Å². The highest BCUT2D eigenvalue weighted by Gasteiger charge is 2.31. The maximum atomic E-state index is 11.7. The first-order chi connectivity index (χ1) is 10.2. The molecule has 1 atom stereocenters. The van der Waals surface area contributed by atoms with E-state index in [4.69, 9.17) is 10.5 Å². The predicted molar refractivity (Wildman–Crippen MR) is 90.5 cm³/mol. The first kappa shape index (κ1) is 20.9. The molecule has 0 saturated carbocycles. The van der Waals surface area contributed by atoms with Gasteiger partial charge in [0.1, 0.15) is 17.9 Å². The fourth-order valence-electron chi connectivity index (χ4n) is 1.96. The van der Waals surface area contributed by atoms with E-state index in [2.05, 4.69) is 21.7 Å². The number of likely N-dealkylation sites (tertiary alicyclic amines) is 1. The van der Waals surface area contributed by atoms with Crippen LogP contribution in [0.4, 0.5) is 5.82 Å². The molecule has 0 spiro atoms. The number of nitrogens with one attached hydrogen (secondary N) is 2. The summed E-state index contributed by atoms with van der Waals surface area (Å²) in [4.78, 5) is 17.4. The first-order valence-electron chi connectivity index (χ1n) is 6.74. The Morgan fingerprint density at radius 2 is 2.13 bits per heavy atom. The van der Waals surface area contributed by atoms with Gasteiger partial charge in [0.05, 0.1) is 18.2 Å². The number of hydrogen-bond donors (Lipinski definition) is 2. The number of aromatic nitrogens is 1. The van der Waals surface area contributed by atoms with Crippen molar-refractivity contribution < 1.29 is 4.79 Å². The number of pyridine rings is 1.